The van der Waals surface area contributed by atoms with Crippen molar-refractivity contribution in [2.24, 2.45) is 0 Å². The lowest BCUT2D eigenvalue weighted by Gasteiger charge is -2.18. The highest BCUT2D eigenvalue weighted by Crippen LogP contribution is 2.36. The molecule has 0 spiro atoms. The lowest BCUT2D eigenvalue weighted by Crippen LogP contribution is -2.13. The van der Waals surface area contributed by atoms with E-state index in [0.29, 0.717) is 0 Å². The standard InChI is InChI=1S/C12H13BrO5/c1-7(14)17-10-5-3-4-9(16)12(10)11(6-13)18-8(2)15/h3-5,11,16H,6H2,1-2H3. The van der Waals surface area contributed by atoms with E-state index in [4.69, 9.17) is 9.47 Å². The normalized spacial score (nSPS) is 11.7. The van der Waals surface area contributed by atoms with Gasteiger partial charge >= 0.3 is 11.9 Å². The maximum Gasteiger partial charge on any atom is 0.308 e. The van der Waals surface area contributed by atoms with Gasteiger partial charge in [-0.1, -0.05) is 22.0 Å². The number of phenols is 1. The van der Waals surface area contributed by atoms with Crippen LogP contribution in [0.4, 0.5) is 0 Å². The number of phenolic OH excluding ortho intramolecular Hbond substituents is 1. The highest BCUT2D eigenvalue weighted by atomic mass is 79.9. The van der Waals surface area contributed by atoms with Gasteiger partial charge in [-0.25, -0.2) is 0 Å². The van der Waals surface area contributed by atoms with Crippen molar-refractivity contribution in [3.8, 4) is 11.5 Å². The van der Waals surface area contributed by atoms with E-state index in [9.17, 15) is 14.7 Å². The zero-order valence-corrected chi connectivity index (χ0v) is 11.6. The second-order valence-electron chi connectivity index (χ2n) is 3.53. The molecule has 18 heavy (non-hydrogen) atoms. The molecule has 98 valence electrons. The molecule has 1 aromatic rings. The van der Waals surface area contributed by atoms with Crippen LogP contribution in [-0.2, 0) is 14.3 Å². The molecule has 1 unspecified atom stereocenters. The molecule has 0 radical (unpaired) electrons. The summed E-state index contributed by atoms with van der Waals surface area (Å²) in [6.07, 6.45) is -0.724. The maximum absolute atomic E-state index is 11.0. The molecule has 0 saturated heterocycles. The lowest BCUT2D eigenvalue weighted by molar-refractivity contribution is -0.145. The van der Waals surface area contributed by atoms with E-state index in [2.05, 4.69) is 15.9 Å². The van der Waals surface area contributed by atoms with Gasteiger partial charge in [-0.15, -0.1) is 0 Å². The molecule has 6 heteroatoms. The van der Waals surface area contributed by atoms with Crippen LogP contribution in [0, 0.1) is 0 Å². The van der Waals surface area contributed by atoms with Gasteiger partial charge < -0.3 is 14.6 Å². The molecule has 1 aromatic carbocycles. The van der Waals surface area contributed by atoms with E-state index >= 15 is 0 Å². The van der Waals surface area contributed by atoms with E-state index in [1.54, 1.807) is 0 Å². The van der Waals surface area contributed by atoms with Crippen LogP contribution in [0.5, 0.6) is 11.5 Å². The summed E-state index contributed by atoms with van der Waals surface area (Å²) in [5.41, 5.74) is 0.264. The number of esters is 2. The fourth-order valence-electron chi connectivity index (χ4n) is 1.47. The SMILES string of the molecule is CC(=O)Oc1cccc(O)c1C(CBr)OC(C)=O. The Bertz CT molecular complexity index is 458. The predicted molar refractivity (Wildman–Crippen MR) is 67.7 cm³/mol. The zero-order valence-electron chi connectivity index (χ0n) is 9.97. The minimum absolute atomic E-state index is 0.0977. The van der Waals surface area contributed by atoms with Crippen molar-refractivity contribution < 1.29 is 24.2 Å². The van der Waals surface area contributed by atoms with Gasteiger partial charge in [0.15, 0.2) is 0 Å². The van der Waals surface area contributed by atoms with Crippen molar-refractivity contribution in [2.75, 3.05) is 5.33 Å². The van der Waals surface area contributed by atoms with Gasteiger partial charge in [0.25, 0.3) is 0 Å². The van der Waals surface area contributed by atoms with Crippen LogP contribution in [0.2, 0.25) is 0 Å². The van der Waals surface area contributed by atoms with Crippen LogP contribution in [-0.4, -0.2) is 22.4 Å². The second kappa shape index (κ2) is 6.39. The number of hydrogen-bond acceptors (Lipinski definition) is 5. The molecule has 0 aliphatic rings. The largest absolute Gasteiger partial charge is 0.507 e. The van der Waals surface area contributed by atoms with Gasteiger partial charge in [-0.2, -0.15) is 0 Å². The Balaban J connectivity index is 3.17. The molecule has 1 N–H and O–H groups in total. The first-order valence-electron chi connectivity index (χ1n) is 5.19. The van der Waals surface area contributed by atoms with Crippen molar-refractivity contribution in [3.63, 3.8) is 0 Å². The van der Waals surface area contributed by atoms with Crippen molar-refractivity contribution in [1.29, 1.82) is 0 Å². The van der Waals surface area contributed by atoms with Crippen molar-refractivity contribution in [3.05, 3.63) is 23.8 Å². The van der Waals surface area contributed by atoms with Gasteiger partial charge in [0.2, 0.25) is 0 Å². The summed E-state index contributed by atoms with van der Waals surface area (Å²) in [6.45, 7) is 2.52. The smallest absolute Gasteiger partial charge is 0.308 e. The fraction of sp³-hybridized carbons (Fsp3) is 0.333. The average molecular weight is 317 g/mol. The number of ether oxygens (including phenoxy) is 2. The van der Waals surface area contributed by atoms with E-state index in [-0.39, 0.29) is 22.4 Å². The van der Waals surface area contributed by atoms with Crippen LogP contribution < -0.4 is 4.74 Å². The number of halogens is 1. The number of alkyl halides is 1. The van der Waals surface area contributed by atoms with Gasteiger partial charge in [0.05, 0.1) is 5.56 Å². The summed E-state index contributed by atoms with van der Waals surface area (Å²) in [4.78, 5) is 22.0. The number of carbonyl (C=O) groups excluding carboxylic acids is 2. The zero-order chi connectivity index (χ0) is 13.7. The summed E-state index contributed by atoms with van der Waals surface area (Å²) in [5, 5.41) is 10.1. The molecule has 0 fully saturated rings. The Labute approximate surface area is 113 Å². The topological polar surface area (TPSA) is 72.8 Å². The average Bonchev–Trinajstić information content (AvgIpc) is 2.25. The number of aromatic hydroxyl groups is 1. The Morgan fingerprint density at radius 1 is 1.33 bits per heavy atom. The molecule has 0 heterocycles. The third-order valence-electron chi connectivity index (χ3n) is 2.07. The number of carbonyl (C=O) groups is 2. The number of hydrogen-bond donors (Lipinski definition) is 1. The first-order chi connectivity index (χ1) is 8.45. The van der Waals surface area contributed by atoms with Crippen molar-refractivity contribution >= 4 is 27.9 Å². The molecule has 1 atom stereocenters. The van der Waals surface area contributed by atoms with Crippen LogP contribution in [0.1, 0.15) is 25.5 Å². The Hall–Kier alpha value is -1.56. The maximum atomic E-state index is 11.0. The number of benzene rings is 1. The Morgan fingerprint density at radius 2 is 2.00 bits per heavy atom. The summed E-state index contributed by atoms with van der Waals surface area (Å²) in [5.74, 6) is -0.929. The van der Waals surface area contributed by atoms with Gasteiger partial charge in [-0.3, -0.25) is 9.59 Å². The molecule has 1 rings (SSSR count). The van der Waals surface area contributed by atoms with Crippen molar-refractivity contribution in [2.45, 2.75) is 20.0 Å². The van der Waals surface area contributed by atoms with Gasteiger partial charge in [0.1, 0.15) is 17.6 Å². The first-order valence-corrected chi connectivity index (χ1v) is 6.31. The van der Waals surface area contributed by atoms with Gasteiger partial charge in [0, 0.05) is 19.2 Å². The summed E-state index contributed by atoms with van der Waals surface area (Å²) < 4.78 is 10.0. The highest BCUT2D eigenvalue weighted by Gasteiger charge is 2.22. The minimum atomic E-state index is -0.724. The molecule has 0 aliphatic heterocycles. The monoisotopic (exact) mass is 316 g/mol. The molecule has 0 aromatic heterocycles. The predicted octanol–water partition coefficient (Wildman–Crippen LogP) is 2.32. The van der Waals surface area contributed by atoms with Crippen molar-refractivity contribution in [1.82, 2.24) is 0 Å². The fourth-order valence-corrected chi connectivity index (χ4v) is 1.92. The summed E-state index contributed by atoms with van der Waals surface area (Å²) >= 11 is 3.19. The first kappa shape index (κ1) is 14.5. The molecule has 0 amide bonds. The Morgan fingerprint density at radius 3 is 2.50 bits per heavy atom. The van der Waals surface area contributed by atoms with Gasteiger partial charge in [-0.05, 0) is 12.1 Å². The van der Waals surface area contributed by atoms with E-state index < -0.39 is 18.0 Å². The third kappa shape index (κ3) is 3.73. The summed E-state index contributed by atoms with van der Waals surface area (Å²) in [7, 11) is 0. The third-order valence-corrected chi connectivity index (χ3v) is 2.66. The van der Waals surface area contributed by atoms with E-state index in [1.807, 2.05) is 0 Å². The summed E-state index contributed by atoms with van der Waals surface area (Å²) in [6, 6.07) is 4.49. The van der Waals surface area contributed by atoms with Crippen LogP contribution in [0.3, 0.4) is 0 Å². The minimum Gasteiger partial charge on any atom is -0.507 e. The quantitative estimate of drug-likeness (QED) is 0.524. The second-order valence-corrected chi connectivity index (χ2v) is 4.18. The molecular formula is C12H13BrO5. The molecule has 0 bridgehead atoms. The van der Waals surface area contributed by atoms with Crippen LogP contribution >= 0.6 is 15.9 Å². The van der Waals surface area contributed by atoms with E-state index in [0.717, 1.165) is 0 Å². The lowest BCUT2D eigenvalue weighted by atomic mass is 10.1. The molecular weight excluding hydrogens is 304 g/mol. The molecule has 5 nitrogen and oxygen atoms in total. The molecule has 0 saturated carbocycles. The van der Waals surface area contributed by atoms with Crippen LogP contribution in [0.25, 0.3) is 0 Å². The Kier molecular flexibility index (Phi) is 5.15. The highest BCUT2D eigenvalue weighted by molar-refractivity contribution is 9.09. The van der Waals surface area contributed by atoms with E-state index in [1.165, 1.54) is 32.0 Å². The van der Waals surface area contributed by atoms with Crippen LogP contribution in [0.15, 0.2) is 18.2 Å². The number of rotatable bonds is 4. The molecule has 0 aliphatic carbocycles.